The number of nitrogens with one attached hydrogen (secondary N) is 3. The molecule has 0 spiro atoms. The molecule has 10 nitrogen and oxygen atoms in total. The molecule has 2 aromatic heterocycles. The highest BCUT2D eigenvalue weighted by Gasteiger charge is 2.24. The van der Waals surface area contributed by atoms with E-state index >= 15 is 0 Å². The number of allylic oxidation sites excluding steroid dienone is 2. The number of nitrogens with zero attached hydrogens (tertiary/aromatic N) is 1. The fourth-order valence-electron chi connectivity index (χ4n) is 5.78. The summed E-state index contributed by atoms with van der Waals surface area (Å²) in [6.07, 6.45) is 7.40. The van der Waals surface area contributed by atoms with Gasteiger partial charge in [0.15, 0.2) is 0 Å². The van der Waals surface area contributed by atoms with Gasteiger partial charge in [0.05, 0.1) is 5.71 Å². The Balaban J connectivity index is 1.89. The molecule has 0 saturated carbocycles. The first-order chi connectivity index (χ1) is 20.4. The Morgan fingerprint density at radius 3 is 1.98 bits per heavy atom. The molecule has 0 unspecified atom stereocenters. The van der Waals surface area contributed by atoms with Crippen LogP contribution in [0.3, 0.4) is 0 Å². The topological polar surface area (TPSA) is 165 Å². The molecule has 2 aromatic rings. The lowest BCUT2D eigenvalue weighted by Gasteiger charge is -2.05. The van der Waals surface area contributed by atoms with Crippen molar-refractivity contribution in [2.24, 2.45) is 4.99 Å². The molecule has 0 atom stereocenters. The van der Waals surface area contributed by atoms with Gasteiger partial charge in [0, 0.05) is 51.8 Å². The minimum Gasteiger partial charge on any atom is -0.481 e. The fourth-order valence-corrected chi connectivity index (χ4v) is 5.78. The van der Waals surface area contributed by atoms with Crippen molar-refractivity contribution in [2.45, 2.75) is 80.1 Å². The Labute approximate surface area is 249 Å². The van der Waals surface area contributed by atoms with Crippen LogP contribution in [0, 0.1) is 13.8 Å². The number of carbonyl (C=O) groups is 4. The van der Waals surface area contributed by atoms with Gasteiger partial charge in [-0.3, -0.25) is 19.2 Å². The molecular weight excluding hydrogens is 548 g/mol. The minimum atomic E-state index is -0.911. The predicted octanol–water partition coefficient (Wildman–Crippen LogP) is 3.51. The summed E-state index contributed by atoms with van der Waals surface area (Å²) in [6.45, 7) is 11.3. The SMILES string of the molecule is CCC1=C(C)C(=O)N=C1C=c1[nH]c(=Cc2[nH]c(/C=C3/NC(=O)C(C)=C3CC)c(CCC(=O)O)c2C)c(C)c1CCC(=O)O. The second kappa shape index (κ2) is 12.6. The molecule has 4 rings (SSSR count). The number of hydrogen-bond acceptors (Lipinski definition) is 4. The first-order valence-corrected chi connectivity index (χ1v) is 14.5. The number of amides is 2. The lowest BCUT2D eigenvalue weighted by atomic mass is 10.0. The number of aromatic amines is 2. The number of H-pyrrole nitrogens is 2. The zero-order valence-electron chi connectivity index (χ0n) is 25.4. The quantitative estimate of drug-likeness (QED) is 0.270. The first-order valence-electron chi connectivity index (χ1n) is 14.5. The van der Waals surface area contributed by atoms with Gasteiger partial charge >= 0.3 is 11.9 Å². The predicted molar refractivity (Wildman–Crippen MR) is 165 cm³/mol. The van der Waals surface area contributed by atoms with Crippen LogP contribution in [-0.4, -0.2) is 49.6 Å². The number of carboxylic acids is 2. The van der Waals surface area contributed by atoms with Crippen LogP contribution in [0.2, 0.25) is 0 Å². The normalized spacial score (nSPS) is 17.2. The van der Waals surface area contributed by atoms with E-state index in [4.69, 9.17) is 0 Å². The van der Waals surface area contributed by atoms with Crippen LogP contribution in [0.15, 0.2) is 33.0 Å². The van der Waals surface area contributed by atoms with E-state index < -0.39 is 11.9 Å². The van der Waals surface area contributed by atoms with Crippen LogP contribution in [0.25, 0.3) is 18.2 Å². The summed E-state index contributed by atoms with van der Waals surface area (Å²) in [5.41, 5.74) is 9.21. The standard InChI is InChI=1S/C33H38N4O6/c1-7-20-18(5)32(42)36-26(20)14-28-22(9-11-30(38)39)16(3)24(34-28)13-25-17(4)23(10-12-31(40)41)29(35-25)15-27-21(8-2)19(6)33(43)37-27/h13-15,34-35H,7-12H2,1-6H3,(H,36,42)(H,38,39)(H,40,41)/b25-13?,26-14+,29-15?. The van der Waals surface area contributed by atoms with Crippen LogP contribution >= 0.6 is 0 Å². The highest BCUT2D eigenvalue weighted by molar-refractivity contribution is 6.30. The Kier molecular flexibility index (Phi) is 9.18. The third kappa shape index (κ3) is 6.38. The minimum absolute atomic E-state index is 0.0519. The molecular formula is C33H38N4O6. The molecule has 2 amide bonds. The smallest absolute Gasteiger partial charge is 0.303 e. The molecule has 0 bridgehead atoms. The number of hydrogen-bond donors (Lipinski definition) is 5. The largest absolute Gasteiger partial charge is 0.481 e. The van der Waals surface area contributed by atoms with E-state index in [1.165, 1.54) is 0 Å². The number of aromatic nitrogens is 2. The van der Waals surface area contributed by atoms with E-state index in [1.807, 2.05) is 45.9 Å². The molecule has 10 heteroatoms. The first kappa shape index (κ1) is 31.2. The van der Waals surface area contributed by atoms with E-state index in [0.717, 1.165) is 50.1 Å². The van der Waals surface area contributed by atoms with Gasteiger partial charge in [-0.05, 0) is 105 Å². The average molecular weight is 587 g/mol. The van der Waals surface area contributed by atoms with Gasteiger partial charge in [-0.2, -0.15) is 0 Å². The highest BCUT2D eigenvalue weighted by Crippen LogP contribution is 2.28. The van der Waals surface area contributed by atoms with Gasteiger partial charge in [0.25, 0.3) is 11.8 Å². The molecule has 4 heterocycles. The van der Waals surface area contributed by atoms with E-state index in [2.05, 4.69) is 20.3 Å². The second-order valence-corrected chi connectivity index (χ2v) is 10.9. The molecule has 0 aromatic carbocycles. The molecule has 2 aliphatic heterocycles. The number of aliphatic carboxylic acids is 2. The van der Waals surface area contributed by atoms with Crippen molar-refractivity contribution in [3.63, 3.8) is 0 Å². The van der Waals surface area contributed by atoms with Crippen LogP contribution in [-0.2, 0) is 32.0 Å². The van der Waals surface area contributed by atoms with Crippen molar-refractivity contribution in [3.8, 4) is 0 Å². The number of carbonyl (C=O) groups excluding carboxylic acids is 2. The van der Waals surface area contributed by atoms with E-state index in [1.54, 1.807) is 13.8 Å². The van der Waals surface area contributed by atoms with Crippen LogP contribution in [0.5, 0.6) is 0 Å². The molecule has 0 radical (unpaired) electrons. The summed E-state index contributed by atoms with van der Waals surface area (Å²) >= 11 is 0. The molecule has 0 saturated heterocycles. The van der Waals surface area contributed by atoms with Crippen molar-refractivity contribution >= 4 is 47.7 Å². The Morgan fingerprint density at radius 2 is 1.37 bits per heavy atom. The van der Waals surface area contributed by atoms with E-state index in [-0.39, 0.29) is 24.7 Å². The number of carboxylic acid groups (broad SMARTS) is 2. The summed E-state index contributed by atoms with van der Waals surface area (Å²) in [5.74, 6) is -2.23. The lowest BCUT2D eigenvalue weighted by molar-refractivity contribution is -0.138. The molecule has 0 fully saturated rings. The zero-order valence-corrected chi connectivity index (χ0v) is 25.4. The van der Waals surface area contributed by atoms with Crippen molar-refractivity contribution < 1.29 is 29.4 Å². The maximum absolute atomic E-state index is 12.3. The molecule has 226 valence electrons. The van der Waals surface area contributed by atoms with Gasteiger partial charge in [-0.25, -0.2) is 4.99 Å². The Morgan fingerprint density at radius 1 is 0.744 bits per heavy atom. The Bertz CT molecular complexity index is 1790. The summed E-state index contributed by atoms with van der Waals surface area (Å²) in [6, 6.07) is 0. The van der Waals surface area contributed by atoms with Crippen molar-refractivity contribution in [1.29, 1.82) is 0 Å². The maximum Gasteiger partial charge on any atom is 0.303 e. The Hall–Kier alpha value is -4.73. The van der Waals surface area contributed by atoms with Crippen molar-refractivity contribution in [1.82, 2.24) is 15.3 Å². The van der Waals surface area contributed by atoms with Gasteiger partial charge in [-0.15, -0.1) is 0 Å². The molecule has 5 N–H and O–H groups in total. The maximum atomic E-state index is 12.3. The van der Waals surface area contributed by atoms with Gasteiger partial charge in [-0.1, -0.05) is 13.8 Å². The van der Waals surface area contributed by atoms with E-state index in [9.17, 15) is 29.4 Å². The highest BCUT2D eigenvalue weighted by atomic mass is 16.4. The van der Waals surface area contributed by atoms with Crippen LogP contribution in [0.4, 0.5) is 0 Å². The summed E-state index contributed by atoms with van der Waals surface area (Å²) in [5, 5.41) is 23.2. The van der Waals surface area contributed by atoms with Gasteiger partial charge in [0.1, 0.15) is 0 Å². The monoisotopic (exact) mass is 586 g/mol. The van der Waals surface area contributed by atoms with E-state index in [0.29, 0.717) is 53.6 Å². The molecule has 2 aliphatic rings. The van der Waals surface area contributed by atoms with Gasteiger partial charge in [0.2, 0.25) is 0 Å². The third-order valence-electron chi connectivity index (χ3n) is 8.32. The summed E-state index contributed by atoms with van der Waals surface area (Å²) in [4.78, 5) is 58.6. The zero-order chi connectivity index (χ0) is 31.6. The van der Waals surface area contributed by atoms with Crippen LogP contribution in [0.1, 0.15) is 87.0 Å². The number of rotatable bonds is 11. The van der Waals surface area contributed by atoms with Crippen LogP contribution < -0.4 is 16.0 Å². The molecule has 0 aliphatic carbocycles. The van der Waals surface area contributed by atoms with Crippen molar-refractivity contribution in [3.05, 3.63) is 72.3 Å². The third-order valence-corrected chi connectivity index (χ3v) is 8.32. The van der Waals surface area contributed by atoms with Crippen molar-refractivity contribution in [2.75, 3.05) is 0 Å². The second-order valence-electron chi connectivity index (χ2n) is 10.9. The number of aliphatic imine (C=N–C) groups is 1. The molecule has 43 heavy (non-hydrogen) atoms. The lowest BCUT2D eigenvalue weighted by Crippen LogP contribution is -2.15. The van der Waals surface area contributed by atoms with Gasteiger partial charge < -0.3 is 25.5 Å². The summed E-state index contributed by atoms with van der Waals surface area (Å²) < 4.78 is 0. The fraction of sp³-hybridized carbons (Fsp3) is 0.364. The average Bonchev–Trinajstić information content (AvgIpc) is 3.59. The summed E-state index contributed by atoms with van der Waals surface area (Å²) in [7, 11) is 0.